The number of halogens is 1. The summed E-state index contributed by atoms with van der Waals surface area (Å²) in [4.78, 5) is 12.3. The lowest BCUT2D eigenvalue weighted by Crippen LogP contribution is -2.06. The highest BCUT2D eigenvalue weighted by molar-refractivity contribution is 6.31. The van der Waals surface area contributed by atoms with Gasteiger partial charge in [0, 0.05) is 18.8 Å². The van der Waals surface area contributed by atoms with E-state index in [1.54, 1.807) is 43.3 Å². The number of carbonyl (C=O) groups is 1. The van der Waals surface area contributed by atoms with Crippen LogP contribution < -0.4 is 4.74 Å². The van der Waals surface area contributed by atoms with Crippen molar-refractivity contribution in [3.05, 3.63) is 69.8 Å². The number of ketones is 1. The summed E-state index contributed by atoms with van der Waals surface area (Å²) in [6.07, 6.45) is 4.93. The van der Waals surface area contributed by atoms with E-state index in [0.717, 1.165) is 28.3 Å². The Morgan fingerprint density at radius 1 is 1.30 bits per heavy atom. The Bertz CT molecular complexity index is 1020. The molecule has 0 bridgehead atoms. The molecule has 0 aliphatic carbocycles. The van der Waals surface area contributed by atoms with Crippen LogP contribution >= 0.6 is 11.6 Å². The van der Waals surface area contributed by atoms with E-state index in [1.807, 2.05) is 36.7 Å². The van der Waals surface area contributed by atoms with E-state index in [4.69, 9.17) is 16.3 Å². The van der Waals surface area contributed by atoms with Gasteiger partial charge in [-0.1, -0.05) is 23.7 Å². The molecule has 140 valence electrons. The molecule has 2 heterocycles. The zero-order valence-corrected chi connectivity index (χ0v) is 16.5. The molecule has 6 nitrogen and oxygen atoms in total. The first-order valence-electron chi connectivity index (χ1n) is 8.47. The van der Waals surface area contributed by atoms with Crippen LogP contribution in [0.15, 0.2) is 36.5 Å². The first-order valence-corrected chi connectivity index (χ1v) is 8.85. The molecule has 0 amide bonds. The molecular formula is C20H21ClN4O2. The number of allylic oxidation sites excluding steroid dienone is 1. The summed E-state index contributed by atoms with van der Waals surface area (Å²) in [6, 6.07) is 7.47. The van der Waals surface area contributed by atoms with Crippen molar-refractivity contribution in [1.82, 2.24) is 19.6 Å². The molecule has 1 aromatic carbocycles. The number of aryl methyl sites for hydroxylation is 2. The van der Waals surface area contributed by atoms with Gasteiger partial charge in [-0.15, -0.1) is 0 Å². The predicted molar refractivity (Wildman–Crippen MR) is 105 cm³/mol. The Kier molecular flexibility index (Phi) is 5.46. The number of hydrogen-bond acceptors (Lipinski definition) is 4. The number of methoxy groups -OCH3 is 1. The van der Waals surface area contributed by atoms with Gasteiger partial charge in [-0.05, 0) is 43.7 Å². The minimum absolute atomic E-state index is 0.0994. The lowest BCUT2D eigenvalue weighted by Gasteiger charge is -2.11. The van der Waals surface area contributed by atoms with E-state index in [1.165, 1.54) is 0 Å². The van der Waals surface area contributed by atoms with Crippen molar-refractivity contribution < 1.29 is 9.53 Å². The van der Waals surface area contributed by atoms with Crippen molar-refractivity contribution in [2.24, 2.45) is 7.05 Å². The topological polar surface area (TPSA) is 61.9 Å². The third-order valence-corrected chi connectivity index (χ3v) is 4.97. The van der Waals surface area contributed by atoms with E-state index in [2.05, 4.69) is 10.2 Å². The number of benzene rings is 1. The number of carbonyl (C=O) groups excluding carboxylic acids is 1. The average Bonchev–Trinajstić information content (AvgIpc) is 3.19. The van der Waals surface area contributed by atoms with Gasteiger partial charge in [0.2, 0.25) is 5.78 Å². The largest absolute Gasteiger partial charge is 0.496 e. The minimum atomic E-state index is -0.0994. The summed E-state index contributed by atoms with van der Waals surface area (Å²) in [6.45, 7) is 4.34. The second-order valence-electron chi connectivity index (χ2n) is 6.25. The predicted octanol–water partition coefficient (Wildman–Crippen LogP) is 3.84. The average molecular weight is 385 g/mol. The van der Waals surface area contributed by atoms with Crippen LogP contribution in [0.5, 0.6) is 5.75 Å². The van der Waals surface area contributed by atoms with Crippen LogP contribution in [-0.4, -0.2) is 32.5 Å². The van der Waals surface area contributed by atoms with Crippen molar-refractivity contribution in [2.75, 3.05) is 7.11 Å². The highest BCUT2D eigenvalue weighted by atomic mass is 35.5. The van der Waals surface area contributed by atoms with E-state index < -0.39 is 0 Å². The first kappa shape index (κ1) is 18.9. The van der Waals surface area contributed by atoms with Crippen molar-refractivity contribution in [1.29, 1.82) is 0 Å². The normalized spacial score (nSPS) is 11.3. The van der Waals surface area contributed by atoms with Gasteiger partial charge in [0.15, 0.2) is 0 Å². The first-order chi connectivity index (χ1) is 12.9. The summed E-state index contributed by atoms with van der Waals surface area (Å²) in [5.41, 5.74) is 4.09. The van der Waals surface area contributed by atoms with Gasteiger partial charge in [-0.2, -0.15) is 10.2 Å². The Hall–Kier alpha value is -2.86. The summed E-state index contributed by atoms with van der Waals surface area (Å²) in [5, 5.41) is 9.17. The lowest BCUT2D eigenvalue weighted by atomic mass is 10.1. The van der Waals surface area contributed by atoms with Crippen LogP contribution in [0.3, 0.4) is 0 Å². The van der Waals surface area contributed by atoms with Gasteiger partial charge in [0.05, 0.1) is 30.1 Å². The van der Waals surface area contributed by atoms with Crippen LogP contribution in [0.25, 0.3) is 6.08 Å². The number of rotatable bonds is 6. The molecule has 3 aromatic rings. The van der Waals surface area contributed by atoms with E-state index in [-0.39, 0.29) is 5.78 Å². The fraction of sp³-hybridized carbons (Fsp3) is 0.250. The molecule has 2 aromatic heterocycles. The van der Waals surface area contributed by atoms with Crippen molar-refractivity contribution in [3.63, 3.8) is 0 Å². The minimum Gasteiger partial charge on any atom is -0.496 e. The molecule has 0 radical (unpaired) electrons. The number of hydrogen-bond donors (Lipinski definition) is 0. The van der Waals surface area contributed by atoms with Gasteiger partial charge in [-0.3, -0.25) is 14.2 Å². The molecular weight excluding hydrogens is 364 g/mol. The molecule has 7 heteroatoms. The molecule has 0 atom stereocenters. The maximum atomic E-state index is 12.3. The third kappa shape index (κ3) is 3.95. The van der Waals surface area contributed by atoms with E-state index in [9.17, 15) is 4.79 Å². The van der Waals surface area contributed by atoms with Gasteiger partial charge in [0.25, 0.3) is 0 Å². The van der Waals surface area contributed by atoms with Crippen molar-refractivity contribution >= 4 is 23.5 Å². The quantitative estimate of drug-likeness (QED) is 0.478. The number of nitrogens with zero attached hydrogens (tertiary/aromatic N) is 4. The molecule has 0 saturated heterocycles. The maximum absolute atomic E-state index is 12.3. The number of aromatic nitrogens is 4. The van der Waals surface area contributed by atoms with Gasteiger partial charge >= 0.3 is 0 Å². The molecule has 0 unspecified atom stereocenters. The van der Waals surface area contributed by atoms with Crippen molar-refractivity contribution in [3.8, 4) is 5.75 Å². The fourth-order valence-corrected chi connectivity index (χ4v) is 3.02. The molecule has 0 aliphatic rings. The summed E-state index contributed by atoms with van der Waals surface area (Å²) in [7, 11) is 3.38. The van der Waals surface area contributed by atoms with Gasteiger partial charge < -0.3 is 4.74 Å². The van der Waals surface area contributed by atoms with Gasteiger partial charge in [0.1, 0.15) is 11.4 Å². The second-order valence-corrected chi connectivity index (χ2v) is 6.63. The summed E-state index contributed by atoms with van der Waals surface area (Å²) in [5.74, 6) is 0.659. The number of ether oxygens (including phenoxy) is 1. The molecule has 0 aliphatic heterocycles. The van der Waals surface area contributed by atoms with Gasteiger partial charge in [-0.25, -0.2) is 0 Å². The van der Waals surface area contributed by atoms with Crippen LogP contribution in [0.4, 0.5) is 0 Å². The monoisotopic (exact) mass is 384 g/mol. The Morgan fingerprint density at radius 3 is 2.67 bits per heavy atom. The Balaban J connectivity index is 1.87. The maximum Gasteiger partial charge on any atom is 0.203 e. The second kappa shape index (κ2) is 7.80. The Labute approximate surface area is 163 Å². The van der Waals surface area contributed by atoms with Crippen LogP contribution in [0.2, 0.25) is 5.02 Å². The molecule has 0 N–H and O–H groups in total. The summed E-state index contributed by atoms with van der Waals surface area (Å²) >= 11 is 6.25. The zero-order valence-electron chi connectivity index (χ0n) is 15.7. The van der Waals surface area contributed by atoms with E-state index >= 15 is 0 Å². The smallest absolute Gasteiger partial charge is 0.203 e. The third-order valence-electron chi connectivity index (χ3n) is 4.42. The van der Waals surface area contributed by atoms with Crippen LogP contribution in [-0.2, 0) is 13.6 Å². The Morgan fingerprint density at radius 2 is 2.07 bits per heavy atom. The van der Waals surface area contributed by atoms with Crippen LogP contribution in [0.1, 0.15) is 33.0 Å². The van der Waals surface area contributed by atoms with Crippen LogP contribution in [0, 0.1) is 13.8 Å². The zero-order chi connectivity index (χ0) is 19.6. The summed E-state index contributed by atoms with van der Waals surface area (Å²) < 4.78 is 8.88. The highest BCUT2D eigenvalue weighted by Gasteiger charge is 2.12. The van der Waals surface area contributed by atoms with E-state index in [0.29, 0.717) is 17.3 Å². The molecule has 27 heavy (non-hydrogen) atoms. The van der Waals surface area contributed by atoms with Crippen molar-refractivity contribution in [2.45, 2.75) is 20.4 Å². The molecule has 0 saturated carbocycles. The molecule has 3 rings (SSSR count). The molecule has 0 fully saturated rings. The lowest BCUT2D eigenvalue weighted by molar-refractivity contribution is 0.103. The SMILES string of the molecule is COc1ccc(C=CC(=O)c2ccnn2C)cc1Cn1nc(C)c(Cl)c1C. The molecule has 0 spiro atoms. The standard InChI is InChI=1S/C20H21ClN4O2/c1-13-20(21)14(2)25(23-13)12-16-11-15(6-8-19(16)27-4)5-7-18(26)17-9-10-22-24(17)3/h5-11H,12H2,1-4H3. The fourth-order valence-electron chi connectivity index (χ4n) is 2.89. The highest BCUT2D eigenvalue weighted by Crippen LogP contribution is 2.25.